The Labute approximate surface area is 196 Å². The lowest BCUT2D eigenvalue weighted by Gasteiger charge is -2.09. The molecule has 0 saturated carbocycles. The van der Waals surface area contributed by atoms with Crippen LogP contribution in [0.15, 0.2) is 52.1 Å². The fourth-order valence-corrected chi connectivity index (χ4v) is 3.89. The fraction of sp³-hybridized carbons (Fsp3) is 0.200. The molecule has 2 aromatic carbocycles. The van der Waals surface area contributed by atoms with E-state index in [1.54, 1.807) is 42.8 Å². The molecule has 0 saturated heterocycles. The van der Waals surface area contributed by atoms with Crippen LogP contribution in [0.3, 0.4) is 0 Å². The van der Waals surface area contributed by atoms with Crippen LogP contribution in [0.2, 0.25) is 0 Å². The van der Waals surface area contributed by atoms with E-state index in [9.17, 15) is 19.7 Å². The highest BCUT2D eigenvalue weighted by molar-refractivity contribution is 9.10. The van der Waals surface area contributed by atoms with E-state index in [2.05, 4.69) is 36.8 Å². The molecule has 3 aromatic rings. The number of non-ortho nitro benzene ring substituents is 1. The quantitative estimate of drug-likeness (QED) is 0.265. The molecule has 0 radical (unpaired) electrons. The maximum absolute atomic E-state index is 12.3. The predicted octanol–water partition coefficient (Wildman–Crippen LogP) is 3.46. The van der Waals surface area contributed by atoms with Crippen molar-refractivity contribution in [3.05, 3.63) is 74.0 Å². The Kier molecular flexibility index (Phi) is 7.59. The van der Waals surface area contributed by atoms with Gasteiger partial charge in [-0.1, -0.05) is 30.0 Å². The van der Waals surface area contributed by atoms with Gasteiger partial charge in [-0.15, -0.1) is 10.2 Å². The van der Waals surface area contributed by atoms with Gasteiger partial charge >= 0.3 is 0 Å². The van der Waals surface area contributed by atoms with E-state index in [-0.39, 0.29) is 29.8 Å². The molecule has 2 N–H and O–H groups in total. The average molecular weight is 519 g/mol. The van der Waals surface area contributed by atoms with Gasteiger partial charge < -0.3 is 15.2 Å². The molecule has 3 rings (SSSR count). The first-order chi connectivity index (χ1) is 15.3. The van der Waals surface area contributed by atoms with Crippen molar-refractivity contribution >= 4 is 50.9 Å². The number of amides is 2. The molecule has 1 aromatic heterocycles. The number of carbonyl (C=O) groups is 2. The number of hydrogen-bond acceptors (Lipinski definition) is 7. The van der Waals surface area contributed by atoms with Crippen LogP contribution in [0.1, 0.15) is 21.7 Å². The van der Waals surface area contributed by atoms with Crippen molar-refractivity contribution in [1.29, 1.82) is 0 Å². The highest BCUT2D eigenvalue weighted by Gasteiger charge is 2.15. The molecule has 0 aliphatic carbocycles. The minimum atomic E-state index is -0.514. The van der Waals surface area contributed by atoms with E-state index in [4.69, 9.17) is 0 Å². The molecule has 2 amide bonds. The number of carbonyl (C=O) groups excluding carboxylic acids is 2. The lowest BCUT2D eigenvalue weighted by atomic mass is 10.2. The van der Waals surface area contributed by atoms with Gasteiger partial charge in [0.25, 0.3) is 11.6 Å². The highest BCUT2D eigenvalue weighted by atomic mass is 79.9. The average Bonchev–Trinajstić information content (AvgIpc) is 3.11. The van der Waals surface area contributed by atoms with Gasteiger partial charge in [-0.25, -0.2) is 0 Å². The summed E-state index contributed by atoms with van der Waals surface area (Å²) in [4.78, 5) is 35.1. The van der Waals surface area contributed by atoms with Crippen LogP contribution < -0.4 is 10.6 Å². The smallest absolute Gasteiger partial charge is 0.271 e. The van der Waals surface area contributed by atoms with Crippen LogP contribution in [0.5, 0.6) is 0 Å². The van der Waals surface area contributed by atoms with Crippen molar-refractivity contribution in [2.24, 2.45) is 7.05 Å². The Morgan fingerprint density at radius 1 is 1.22 bits per heavy atom. The van der Waals surface area contributed by atoms with Gasteiger partial charge in [0, 0.05) is 23.7 Å². The van der Waals surface area contributed by atoms with Crippen molar-refractivity contribution in [2.75, 3.05) is 11.1 Å². The fourth-order valence-electron chi connectivity index (χ4n) is 2.70. The molecule has 166 valence electrons. The van der Waals surface area contributed by atoms with Crippen LogP contribution in [0.25, 0.3) is 0 Å². The summed E-state index contributed by atoms with van der Waals surface area (Å²) in [6.45, 7) is 1.92. The Bertz CT molecular complexity index is 1180. The number of anilines is 1. The van der Waals surface area contributed by atoms with Crippen molar-refractivity contribution in [1.82, 2.24) is 20.1 Å². The standard InChI is InChI=1S/C20H19BrN6O4S/c1-12-7-8-13(27(30)31)9-16(12)23-18(28)11-32-20-25-24-17(26(20)2)10-22-19(29)14-5-3-4-6-15(14)21/h3-9H,10-11H2,1-2H3,(H,22,29)(H,23,28). The zero-order chi connectivity index (χ0) is 23.3. The molecule has 0 spiro atoms. The second kappa shape index (κ2) is 10.4. The van der Waals surface area contributed by atoms with E-state index in [0.717, 1.165) is 5.56 Å². The summed E-state index contributed by atoms with van der Waals surface area (Å²) in [7, 11) is 1.74. The largest absolute Gasteiger partial charge is 0.345 e. The van der Waals surface area contributed by atoms with E-state index < -0.39 is 4.92 Å². The van der Waals surface area contributed by atoms with Crippen LogP contribution in [0.4, 0.5) is 11.4 Å². The van der Waals surface area contributed by atoms with Gasteiger partial charge in [-0.3, -0.25) is 19.7 Å². The summed E-state index contributed by atoms with van der Waals surface area (Å²) in [6, 6.07) is 11.4. The van der Waals surface area contributed by atoms with E-state index in [1.165, 1.54) is 23.9 Å². The molecule has 0 bridgehead atoms. The van der Waals surface area contributed by atoms with Crippen molar-refractivity contribution < 1.29 is 14.5 Å². The first-order valence-corrected chi connectivity index (χ1v) is 11.1. The van der Waals surface area contributed by atoms with Crippen molar-refractivity contribution in [2.45, 2.75) is 18.6 Å². The first kappa shape index (κ1) is 23.4. The number of nitro benzene ring substituents is 1. The highest BCUT2D eigenvalue weighted by Crippen LogP contribution is 2.23. The maximum atomic E-state index is 12.3. The number of thioether (sulfide) groups is 1. The second-order valence-electron chi connectivity index (χ2n) is 6.71. The van der Waals surface area contributed by atoms with E-state index >= 15 is 0 Å². The van der Waals surface area contributed by atoms with Crippen LogP contribution in [0, 0.1) is 17.0 Å². The molecule has 0 fully saturated rings. The SMILES string of the molecule is Cc1ccc([N+](=O)[O-])cc1NC(=O)CSc1nnc(CNC(=O)c2ccccc2Br)n1C. The number of nitrogens with zero attached hydrogens (tertiary/aromatic N) is 4. The monoisotopic (exact) mass is 518 g/mol. The molecule has 0 unspecified atom stereocenters. The molecular weight excluding hydrogens is 500 g/mol. The van der Waals surface area contributed by atoms with Gasteiger partial charge in [0.05, 0.1) is 28.5 Å². The van der Waals surface area contributed by atoms with Crippen LogP contribution in [-0.4, -0.2) is 37.3 Å². The van der Waals surface area contributed by atoms with Crippen LogP contribution >= 0.6 is 27.7 Å². The number of nitrogens with one attached hydrogen (secondary N) is 2. The number of halogens is 1. The van der Waals surface area contributed by atoms with E-state index in [1.807, 2.05) is 6.07 Å². The number of aryl methyl sites for hydroxylation is 1. The Hall–Kier alpha value is -3.25. The number of aromatic nitrogens is 3. The van der Waals surface area contributed by atoms with Crippen LogP contribution in [-0.2, 0) is 18.4 Å². The molecule has 32 heavy (non-hydrogen) atoms. The lowest BCUT2D eigenvalue weighted by molar-refractivity contribution is -0.384. The predicted molar refractivity (Wildman–Crippen MR) is 124 cm³/mol. The molecule has 0 aliphatic heterocycles. The maximum Gasteiger partial charge on any atom is 0.271 e. The van der Waals surface area contributed by atoms with Crippen molar-refractivity contribution in [3.8, 4) is 0 Å². The Balaban J connectivity index is 1.56. The second-order valence-corrected chi connectivity index (χ2v) is 8.51. The molecular formula is C20H19BrN6O4S. The van der Waals surface area contributed by atoms with Gasteiger partial charge in [-0.05, 0) is 40.5 Å². The summed E-state index contributed by atoms with van der Waals surface area (Å²) < 4.78 is 2.38. The summed E-state index contributed by atoms with van der Waals surface area (Å²) in [5.74, 6) is -0.00755. The lowest BCUT2D eigenvalue weighted by Crippen LogP contribution is -2.24. The summed E-state index contributed by atoms with van der Waals surface area (Å²) >= 11 is 4.51. The summed E-state index contributed by atoms with van der Waals surface area (Å²) in [6.07, 6.45) is 0. The summed E-state index contributed by atoms with van der Waals surface area (Å²) in [5, 5.41) is 25.0. The Morgan fingerprint density at radius 3 is 2.69 bits per heavy atom. The zero-order valence-electron chi connectivity index (χ0n) is 17.2. The molecule has 12 heteroatoms. The first-order valence-electron chi connectivity index (χ1n) is 9.35. The summed E-state index contributed by atoms with van der Waals surface area (Å²) in [5.41, 5.74) is 1.52. The molecule has 10 nitrogen and oxygen atoms in total. The van der Waals surface area contributed by atoms with Crippen molar-refractivity contribution in [3.63, 3.8) is 0 Å². The van der Waals surface area contributed by atoms with Gasteiger partial charge in [-0.2, -0.15) is 0 Å². The number of rotatable bonds is 8. The molecule has 0 atom stereocenters. The molecule has 0 aliphatic rings. The Morgan fingerprint density at radius 2 is 1.97 bits per heavy atom. The third-order valence-corrected chi connectivity index (χ3v) is 6.20. The van der Waals surface area contributed by atoms with Gasteiger partial charge in [0.15, 0.2) is 11.0 Å². The number of benzene rings is 2. The minimum Gasteiger partial charge on any atom is -0.345 e. The molecule has 1 heterocycles. The minimum absolute atomic E-state index is 0.0391. The van der Waals surface area contributed by atoms with E-state index in [0.29, 0.717) is 26.7 Å². The van der Waals surface area contributed by atoms with Gasteiger partial charge in [0.2, 0.25) is 5.91 Å². The normalized spacial score (nSPS) is 10.6. The topological polar surface area (TPSA) is 132 Å². The third-order valence-electron chi connectivity index (χ3n) is 4.49. The third kappa shape index (κ3) is 5.71. The van der Waals surface area contributed by atoms with Gasteiger partial charge in [0.1, 0.15) is 0 Å². The number of hydrogen-bond donors (Lipinski definition) is 2. The number of nitro groups is 1. The zero-order valence-corrected chi connectivity index (χ0v) is 19.6.